The zero-order valence-electron chi connectivity index (χ0n) is 8.37. The zero-order chi connectivity index (χ0) is 10.7. The third kappa shape index (κ3) is 2.92. The van der Waals surface area contributed by atoms with Gasteiger partial charge in [0, 0.05) is 15.5 Å². The molecule has 0 aliphatic heterocycles. The summed E-state index contributed by atoms with van der Waals surface area (Å²) >= 11 is 2.24. The van der Waals surface area contributed by atoms with E-state index in [-0.39, 0.29) is 0 Å². The Morgan fingerprint density at radius 3 is 2.73 bits per heavy atom. The van der Waals surface area contributed by atoms with Gasteiger partial charge in [-0.25, -0.2) is 4.98 Å². The van der Waals surface area contributed by atoms with Crippen LogP contribution < -0.4 is 5.32 Å². The molecule has 0 unspecified atom stereocenters. The standard InChI is InChI=1S/C12H11IN2/c1-9-3-2-4-11(7-9)15-12-6-5-10(13)8-14-12/h2-8H,1H3,(H,14,15). The highest BCUT2D eigenvalue weighted by molar-refractivity contribution is 14.1. The van der Waals surface area contributed by atoms with Gasteiger partial charge in [0.25, 0.3) is 0 Å². The largest absolute Gasteiger partial charge is 0.340 e. The van der Waals surface area contributed by atoms with E-state index in [9.17, 15) is 0 Å². The van der Waals surface area contributed by atoms with Crippen molar-refractivity contribution in [2.24, 2.45) is 0 Å². The van der Waals surface area contributed by atoms with Gasteiger partial charge in [0.15, 0.2) is 0 Å². The number of rotatable bonds is 2. The van der Waals surface area contributed by atoms with Crippen LogP contribution in [0.3, 0.4) is 0 Å². The molecular formula is C12H11IN2. The highest BCUT2D eigenvalue weighted by atomic mass is 127. The van der Waals surface area contributed by atoms with Gasteiger partial charge in [-0.1, -0.05) is 12.1 Å². The van der Waals surface area contributed by atoms with Crippen LogP contribution >= 0.6 is 22.6 Å². The van der Waals surface area contributed by atoms with E-state index in [1.165, 1.54) is 5.56 Å². The maximum atomic E-state index is 4.28. The lowest BCUT2D eigenvalue weighted by Gasteiger charge is -2.05. The van der Waals surface area contributed by atoms with Crippen molar-refractivity contribution < 1.29 is 0 Å². The predicted octanol–water partition coefficient (Wildman–Crippen LogP) is 3.74. The second kappa shape index (κ2) is 4.61. The topological polar surface area (TPSA) is 24.9 Å². The summed E-state index contributed by atoms with van der Waals surface area (Å²) in [6.07, 6.45) is 1.85. The van der Waals surface area contributed by atoms with E-state index in [1.54, 1.807) is 0 Å². The average molecular weight is 310 g/mol. The molecule has 0 amide bonds. The Morgan fingerprint density at radius 1 is 1.20 bits per heavy atom. The maximum Gasteiger partial charge on any atom is 0.130 e. The Bertz CT molecular complexity index is 451. The maximum absolute atomic E-state index is 4.28. The molecule has 0 saturated carbocycles. The van der Waals surface area contributed by atoms with Crippen LogP contribution in [0.5, 0.6) is 0 Å². The zero-order valence-corrected chi connectivity index (χ0v) is 10.5. The van der Waals surface area contributed by atoms with Gasteiger partial charge in [-0.05, 0) is 59.3 Å². The minimum absolute atomic E-state index is 0.876. The first-order valence-electron chi connectivity index (χ1n) is 4.69. The molecule has 0 spiro atoms. The van der Waals surface area contributed by atoms with Gasteiger partial charge in [-0.3, -0.25) is 0 Å². The first kappa shape index (κ1) is 10.4. The van der Waals surface area contributed by atoms with Crippen molar-refractivity contribution in [1.29, 1.82) is 0 Å². The molecule has 15 heavy (non-hydrogen) atoms. The van der Waals surface area contributed by atoms with Crippen molar-refractivity contribution in [3.63, 3.8) is 0 Å². The van der Waals surface area contributed by atoms with E-state index >= 15 is 0 Å². The number of nitrogens with one attached hydrogen (secondary N) is 1. The molecule has 1 heterocycles. The van der Waals surface area contributed by atoms with Crippen LogP contribution in [-0.2, 0) is 0 Å². The number of aryl methyl sites for hydroxylation is 1. The first-order valence-corrected chi connectivity index (χ1v) is 5.77. The Hall–Kier alpha value is -1.10. The van der Waals surface area contributed by atoms with Crippen LogP contribution in [0.4, 0.5) is 11.5 Å². The average Bonchev–Trinajstić information content (AvgIpc) is 2.22. The monoisotopic (exact) mass is 310 g/mol. The van der Waals surface area contributed by atoms with Crippen molar-refractivity contribution in [2.75, 3.05) is 5.32 Å². The molecule has 0 atom stereocenters. The van der Waals surface area contributed by atoms with Crippen molar-refractivity contribution in [3.8, 4) is 0 Å². The molecule has 0 fully saturated rings. The second-order valence-corrected chi connectivity index (χ2v) is 4.60. The van der Waals surface area contributed by atoms with E-state index in [0.29, 0.717) is 0 Å². The smallest absolute Gasteiger partial charge is 0.130 e. The van der Waals surface area contributed by atoms with E-state index < -0.39 is 0 Å². The summed E-state index contributed by atoms with van der Waals surface area (Å²) in [4.78, 5) is 4.28. The van der Waals surface area contributed by atoms with Crippen LogP contribution in [0.1, 0.15) is 5.56 Å². The lowest BCUT2D eigenvalue weighted by molar-refractivity contribution is 1.29. The first-order chi connectivity index (χ1) is 7.24. The summed E-state index contributed by atoms with van der Waals surface area (Å²) < 4.78 is 1.14. The Labute approximate surface area is 103 Å². The second-order valence-electron chi connectivity index (χ2n) is 3.36. The molecule has 2 aromatic rings. The van der Waals surface area contributed by atoms with E-state index in [2.05, 4.69) is 51.9 Å². The molecular weight excluding hydrogens is 299 g/mol. The van der Waals surface area contributed by atoms with Gasteiger partial charge in [-0.15, -0.1) is 0 Å². The Morgan fingerprint density at radius 2 is 2.07 bits per heavy atom. The Kier molecular flexibility index (Phi) is 3.20. The summed E-state index contributed by atoms with van der Waals surface area (Å²) in [5.74, 6) is 0.876. The summed E-state index contributed by atoms with van der Waals surface area (Å²) in [7, 11) is 0. The molecule has 2 nitrogen and oxygen atoms in total. The molecule has 2 rings (SSSR count). The van der Waals surface area contributed by atoms with E-state index in [4.69, 9.17) is 0 Å². The summed E-state index contributed by atoms with van der Waals surface area (Å²) in [6, 6.07) is 12.2. The number of benzene rings is 1. The Balaban J connectivity index is 2.18. The fourth-order valence-electron chi connectivity index (χ4n) is 1.32. The fraction of sp³-hybridized carbons (Fsp3) is 0.0833. The van der Waals surface area contributed by atoms with Crippen LogP contribution in [0.25, 0.3) is 0 Å². The van der Waals surface area contributed by atoms with Gasteiger partial charge >= 0.3 is 0 Å². The number of aromatic nitrogens is 1. The molecule has 1 aromatic heterocycles. The fourth-order valence-corrected chi connectivity index (χ4v) is 1.64. The molecule has 0 radical (unpaired) electrons. The third-order valence-electron chi connectivity index (χ3n) is 2.02. The molecule has 3 heteroatoms. The number of pyridine rings is 1. The third-order valence-corrected chi connectivity index (χ3v) is 2.66. The molecule has 0 aliphatic rings. The minimum atomic E-state index is 0.876. The highest BCUT2D eigenvalue weighted by Gasteiger charge is 1.95. The molecule has 76 valence electrons. The number of anilines is 2. The molecule has 0 aliphatic carbocycles. The molecule has 0 bridgehead atoms. The quantitative estimate of drug-likeness (QED) is 0.855. The van der Waals surface area contributed by atoms with Crippen molar-refractivity contribution >= 4 is 34.1 Å². The molecule has 1 aromatic carbocycles. The lowest BCUT2D eigenvalue weighted by Crippen LogP contribution is -1.93. The van der Waals surface area contributed by atoms with E-state index in [1.807, 2.05) is 30.5 Å². The summed E-state index contributed by atoms with van der Waals surface area (Å²) in [6.45, 7) is 2.08. The number of hydrogen-bond donors (Lipinski definition) is 1. The van der Waals surface area contributed by atoms with Crippen LogP contribution in [-0.4, -0.2) is 4.98 Å². The van der Waals surface area contributed by atoms with Gasteiger partial charge in [0.05, 0.1) is 0 Å². The number of nitrogens with zero attached hydrogens (tertiary/aromatic N) is 1. The van der Waals surface area contributed by atoms with Gasteiger partial charge in [-0.2, -0.15) is 0 Å². The van der Waals surface area contributed by atoms with Crippen molar-refractivity contribution in [1.82, 2.24) is 4.98 Å². The van der Waals surface area contributed by atoms with Crippen LogP contribution in [0, 0.1) is 10.5 Å². The molecule has 1 N–H and O–H groups in total. The predicted molar refractivity (Wildman–Crippen MR) is 71.4 cm³/mol. The number of hydrogen-bond acceptors (Lipinski definition) is 2. The summed E-state index contributed by atoms with van der Waals surface area (Å²) in [5, 5.41) is 3.26. The minimum Gasteiger partial charge on any atom is -0.340 e. The van der Waals surface area contributed by atoms with Gasteiger partial charge in [0.1, 0.15) is 5.82 Å². The van der Waals surface area contributed by atoms with Crippen molar-refractivity contribution in [2.45, 2.75) is 6.92 Å². The normalized spacial score (nSPS) is 10.0. The molecule has 0 saturated heterocycles. The van der Waals surface area contributed by atoms with Crippen LogP contribution in [0.15, 0.2) is 42.6 Å². The van der Waals surface area contributed by atoms with Gasteiger partial charge < -0.3 is 5.32 Å². The summed E-state index contributed by atoms with van der Waals surface area (Å²) in [5.41, 5.74) is 2.31. The SMILES string of the molecule is Cc1cccc(Nc2ccc(I)cn2)c1. The van der Waals surface area contributed by atoms with E-state index in [0.717, 1.165) is 15.1 Å². The van der Waals surface area contributed by atoms with Gasteiger partial charge in [0.2, 0.25) is 0 Å². The number of halogens is 1. The van der Waals surface area contributed by atoms with Crippen molar-refractivity contribution in [3.05, 3.63) is 51.7 Å². The lowest BCUT2D eigenvalue weighted by atomic mass is 10.2. The highest BCUT2D eigenvalue weighted by Crippen LogP contribution is 2.16. The van der Waals surface area contributed by atoms with Crippen LogP contribution in [0.2, 0.25) is 0 Å².